The van der Waals surface area contributed by atoms with Gasteiger partial charge in [-0.3, -0.25) is 9.69 Å². The largest absolute Gasteiger partial charge is 0.357 e. The zero-order valence-corrected chi connectivity index (χ0v) is 15.5. The minimum absolute atomic E-state index is 0.0354. The molecule has 4 rings (SSSR count). The Morgan fingerprint density at radius 2 is 1.88 bits per heavy atom. The van der Waals surface area contributed by atoms with Gasteiger partial charge in [0.1, 0.15) is 0 Å². The number of aryl methyl sites for hydroxylation is 1. The number of likely N-dealkylation sites (tertiary alicyclic amines) is 2. The van der Waals surface area contributed by atoms with Gasteiger partial charge < -0.3 is 10.2 Å². The number of carbonyl (C=O) groups is 1. The summed E-state index contributed by atoms with van der Waals surface area (Å²) in [6.07, 6.45) is 3.22. The van der Waals surface area contributed by atoms with E-state index in [4.69, 9.17) is 0 Å². The smallest absolute Gasteiger partial charge is 0.257 e. The molecule has 0 unspecified atom stereocenters. The summed E-state index contributed by atoms with van der Waals surface area (Å²) in [5, 5.41) is 2.88. The standard InChI is InChI=1S/C20H25N5O/c1-13-6-4-5-7-16(13)18-17-12-25(11-15(17)10-24(18)3)19(26)14-8-22-20(21-2)23-9-14/h4-9,15,17-18H,10-12H2,1-3H3,(H,21,22,23)/t15-,17+,18+/m0/s1. The van der Waals surface area contributed by atoms with E-state index in [1.54, 1.807) is 19.4 Å². The van der Waals surface area contributed by atoms with Crippen molar-refractivity contribution in [3.8, 4) is 0 Å². The van der Waals surface area contributed by atoms with Crippen LogP contribution < -0.4 is 5.32 Å². The highest BCUT2D eigenvalue weighted by Gasteiger charge is 2.47. The van der Waals surface area contributed by atoms with Crippen LogP contribution in [0.25, 0.3) is 0 Å². The average Bonchev–Trinajstić information content (AvgIpc) is 3.19. The lowest BCUT2D eigenvalue weighted by Crippen LogP contribution is -2.33. The van der Waals surface area contributed by atoms with Crippen molar-refractivity contribution in [2.24, 2.45) is 11.8 Å². The van der Waals surface area contributed by atoms with E-state index in [1.807, 2.05) is 4.90 Å². The first-order valence-corrected chi connectivity index (χ1v) is 9.13. The predicted molar refractivity (Wildman–Crippen MR) is 101 cm³/mol. The van der Waals surface area contributed by atoms with Crippen molar-refractivity contribution in [1.82, 2.24) is 19.8 Å². The number of carbonyl (C=O) groups excluding carboxylic acids is 1. The monoisotopic (exact) mass is 351 g/mol. The Labute approximate surface area is 154 Å². The molecular weight excluding hydrogens is 326 g/mol. The van der Waals surface area contributed by atoms with Crippen LogP contribution in [0.3, 0.4) is 0 Å². The van der Waals surface area contributed by atoms with Crippen molar-refractivity contribution in [2.75, 3.05) is 39.0 Å². The molecular formula is C20H25N5O. The van der Waals surface area contributed by atoms with E-state index >= 15 is 0 Å². The van der Waals surface area contributed by atoms with E-state index in [9.17, 15) is 4.79 Å². The van der Waals surface area contributed by atoms with Crippen molar-refractivity contribution in [3.05, 3.63) is 53.3 Å². The number of fused-ring (bicyclic) bond motifs is 1. The maximum absolute atomic E-state index is 12.9. The Hall–Kier alpha value is -2.47. The third-order valence-corrected chi connectivity index (χ3v) is 5.81. The normalized spacial score (nSPS) is 25.3. The van der Waals surface area contributed by atoms with Crippen LogP contribution in [0.5, 0.6) is 0 Å². The highest BCUT2D eigenvalue weighted by Crippen LogP contribution is 2.45. The van der Waals surface area contributed by atoms with E-state index in [-0.39, 0.29) is 5.91 Å². The quantitative estimate of drug-likeness (QED) is 0.919. The van der Waals surface area contributed by atoms with Gasteiger partial charge >= 0.3 is 0 Å². The molecule has 0 saturated carbocycles. The second kappa shape index (κ2) is 6.68. The third-order valence-electron chi connectivity index (χ3n) is 5.81. The topological polar surface area (TPSA) is 61.4 Å². The zero-order chi connectivity index (χ0) is 18.3. The molecule has 26 heavy (non-hydrogen) atoms. The van der Waals surface area contributed by atoms with Gasteiger partial charge in [-0.1, -0.05) is 24.3 Å². The van der Waals surface area contributed by atoms with Crippen LogP contribution >= 0.6 is 0 Å². The van der Waals surface area contributed by atoms with Crippen LogP contribution in [0.1, 0.15) is 27.5 Å². The van der Waals surface area contributed by atoms with E-state index in [0.29, 0.717) is 29.4 Å². The minimum atomic E-state index is 0.0354. The molecule has 2 aliphatic rings. The van der Waals surface area contributed by atoms with Crippen LogP contribution in [0.15, 0.2) is 36.7 Å². The van der Waals surface area contributed by atoms with Crippen LogP contribution in [0.2, 0.25) is 0 Å². The molecule has 1 amide bonds. The van der Waals surface area contributed by atoms with Crippen molar-refractivity contribution < 1.29 is 4.79 Å². The van der Waals surface area contributed by atoms with E-state index < -0.39 is 0 Å². The summed E-state index contributed by atoms with van der Waals surface area (Å²) in [6, 6.07) is 8.98. The molecule has 6 heteroatoms. The second-order valence-corrected chi connectivity index (χ2v) is 7.42. The maximum atomic E-state index is 12.9. The lowest BCUT2D eigenvalue weighted by molar-refractivity contribution is 0.0767. The van der Waals surface area contributed by atoms with Gasteiger partial charge in [0.25, 0.3) is 5.91 Å². The number of amides is 1. The molecule has 3 heterocycles. The van der Waals surface area contributed by atoms with Crippen LogP contribution in [0.4, 0.5) is 5.95 Å². The number of aromatic nitrogens is 2. The highest BCUT2D eigenvalue weighted by atomic mass is 16.2. The summed E-state index contributed by atoms with van der Waals surface area (Å²) in [7, 11) is 3.96. The van der Waals surface area contributed by atoms with Gasteiger partial charge in [-0.25, -0.2) is 9.97 Å². The lowest BCUT2D eigenvalue weighted by atomic mass is 9.88. The molecule has 3 atom stereocenters. The molecule has 2 saturated heterocycles. The van der Waals surface area contributed by atoms with Crippen molar-refractivity contribution >= 4 is 11.9 Å². The summed E-state index contributed by atoms with van der Waals surface area (Å²) in [5.74, 6) is 1.56. The average molecular weight is 351 g/mol. The summed E-state index contributed by atoms with van der Waals surface area (Å²) in [6.45, 7) is 4.81. The van der Waals surface area contributed by atoms with Gasteiger partial charge in [-0.05, 0) is 31.0 Å². The Morgan fingerprint density at radius 1 is 1.15 bits per heavy atom. The van der Waals surface area contributed by atoms with Crippen LogP contribution in [0, 0.1) is 18.8 Å². The number of rotatable bonds is 3. The van der Waals surface area contributed by atoms with Crippen molar-refractivity contribution in [2.45, 2.75) is 13.0 Å². The molecule has 1 aromatic heterocycles. The SMILES string of the molecule is CNc1ncc(C(=O)N2C[C@@H]3CN(C)[C@H](c4ccccc4C)[C@@H]3C2)cn1. The molecule has 0 bridgehead atoms. The Balaban J connectivity index is 1.54. The fourth-order valence-corrected chi connectivity index (χ4v) is 4.56. The van der Waals surface area contributed by atoms with E-state index in [0.717, 1.165) is 19.6 Å². The van der Waals surface area contributed by atoms with Crippen LogP contribution in [-0.4, -0.2) is 59.4 Å². The number of hydrogen-bond donors (Lipinski definition) is 1. The van der Waals surface area contributed by atoms with E-state index in [1.165, 1.54) is 11.1 Å². The third kappa shape index (κ3) is 2.84. The molecule has 0 aliphatic carbocycles. The molecule has 6 nitrogen and oxygen atoms in total. The summed E-state index contributed by atoms with van der Waals surface area (Å²) < 4.78 is 0. The fourth-order valence-electron chi connectivity index (χ4n) is 4.56. The fraction of sp³-hybridized carbons (Fsp3) is 0.450. The number of nitrogens with one attached hydrogen (secondary N) is 1. The maximum Gasteiger partial charge on any atom is 0.257 e. The Kier molecular flexibility index (Phi) is 4.36. The van der Waals surface area contributed by atoms with Crippen LogP contribution in [-0.2, 0) is 0 Å². The summed E-state index contributed by atoms with van der Waals surface area (Å²) in [5.41, 5.74) is 3.27. The Morgan fingerprint density at radius 3 is 2.58 bits per heavy atom. The molecule has 1 N–H and O–H groups in total. The minimum Gasteiger partial charge on any atom is -0.357 e. The van der Waals surface area contributed by atoms with Gasteiger partial charge in [-0.2, -0.15) is 0 Å². The van der Waals surface area contributed by atoms with Gasteiger partial charge in [-0.15, -0.1) is 0 Å². The van der Waals surface area contributed by atoms with Crippen molar-refractivity contribution in [1.29, 1.82) is 0 Å². The van der Waals surface area contributed by atoms with Gasteiger partial charge in [0.15, 0.2) is 0 Å². The Bertz CT molecular complexity index is 806. The first kappa shape index (κ1) is 17.0. The molecule has 2 aliphatic heterocycles. The first-order valence-electron chi connectivity index (χ1n) is 9.13. The molecule has 0 spiro atoms. The van der Waals surface area contributed by atoms with Gasteiger partial charge in [0.2, 0.25) is 5.95 Å². The summed E-state index contributed by atoms with van der Waals surface area (Å²) >= 11 is 0. The lowest BCUT2D eigenvalue weighted by Gasteiger charge is -2.28. The number of benzene rings is 1. The molecule has 0 radical (unpaired) electrons. The molecule has 1 aromatic carbocycles. The molecule has 136 valence electrons. The highest BCUT2D eigenvalue weighted by molar-refractivity contribution is 5.94. The number of anilines is 1. The first-order chi connectivity index (χ1) is 12.6. The predicted octanol–water partition coefficient (Wildman–Crippen LogP) is 2.20. The van der Waals surface area contributed by atoms with Gasteiger partial charge in [0.05, 0.1) is 5.56 Å². The van der Waals surface area contributed by atoms with E-state index in [2.05, 4.69) is 58.4 Å². The molecule has 2 aromatic rings. The van der Waals surface area contributed by atoms with Crippen molar-refractivity contribution in [3.63, 3.8) is 0 Å². The van der Waals surface area contributed by atoms with Gasteiger partial charge in [0, 0.05) is 51.0 Å². The number of nitrogens with zero attached hydrogens (tertiary/aromatic N) is 4. The molecule has 2 fully saturated rings. The zero-order valence-electron chi connectivity index (χ0n) is 15.5. The second-order valence-electron chi connectivity index (χ2n) is 7.42. The number of hydrogen-bond acceptors (Lipinski definition) is 5. The summed E-state index contributed by atoms with van der Waals surface area (Å²) in [4.78, 5) is 25.6.